The fourth-order valence-electron chi connectivity index (χ4n) is 0.440. The van der Waals surface area contributed by atoms with Crippen LogP contribution in [0.25, 0.3) is 0 Å². The fraction of sp³-hybridized carbons (Fsp3) is 0.143. The summed E-state index contributed by atoms with van der Waals surface area (Å²) in [5, 5.41) is 0. The van der Waals surface area contributed by atoms with E-state index in [1.54, 1.807) is 0 Å². The average molecular weight is 159 g/mol. The Hall–Kier alpha value is -0.890. The lowest BCUT2D eigenvalue weighted by atomic mass is 10.2. The Balaban J connectivity index is 0.000000371. The van der Waals surface area contributed by atoms with Crippen molar-refractivity contribution in [1.29, 1.82) is 0 Å². The molecule has 1 rings (SSSR count). The molecule has 0 radical (unpaired) electrons. The van der Waals surface area contributed by atoms with Crippen molar-refractivity contribution in [2.24, 2.45) is 0 Å². The molecule has 0 aromatic carbocycles. The summed E-state index contributed by atoms with van der Waals surface area (Å²) in [7, 11) is 0. The van der Waals surface area contributed by atoms with Gasteiger partial charge in [-0.1, -0.05) is 0 Å². The van der Waals surface area contributed by atoms with Gasteiger partial charge >= 0.3 is 0 Å². The lowest BCUT2D eigenvalue weighted by Gasteiger charge is -1.87. The molecule has 0 aromatic rings. The first kappa shape index (κ1) is 9.11. The monoisotopic (exact) mass is 158 g/mol. The van der Waals surface area contributed by atoms with Gasteiger partial charge in [-0.2, -0.15) is 0 Å². The predicted octanol–water partition coefficient (Wildman–Crippen LogP) is 1.11. The van der Waals surface area contributed by atoms with Crippen LogP contribution in [0, 0.1) is 0 Å². The first-order chi connectivity index (χ1) is 4.79. The Bertz CT molecular complexity index is 154. The Morgan fingerprint density at radius 1 is 0.900 bits per heavy atom. The molecule has 2 nitrogen and oxygen atoms in total. The Morgan fingerprint density at radius 2 is 1.10 bits per heavy atom. The first-order valence-electron chi connectivity index (χ1n) is 2.61. The van der Waals surface area contributed by atoms with Crippen molar-refractivity contribution in [3.05, 3.63) is 24.3 Å². The maximum Gasteiger partial charge on any atom is 0.178 e. The van der Waals surface area contributed by atoms with Crippen molar-refractivity contribution >= 4 is 23.2 Å². The zero-order chi connectivity index (χ0) is 7.98. The summed E-state index contributed by atoms with van der Waals surface area (Å²) in [4.78, 5) is 20.6. The van der Waals surface area contributed by atoms with E-state index in [1.807, 2.05) is 0 Å². The number of carbonyl (C=O) groups excluding carboxylic acids is 2. The van der Waals surface area contributed by atoms with Crippen molar-refractivity contribution in [2.45, 2.75) is 0 Å². The summed E-state index contributed by atoms with van der Waals surface area (Å²) in [6.07, 6.45) is 6.48. The van der Waals surface area contributed by atoms with Gasteiger partial charge < -0.3 is 0 Å². The molecule has 54 valence electrons. The highest BCUT2D eigenvalue weighted by Crippen LogP contribution is 1.90. The number of rotatable bonds is 0. The molecule has 0 saturated heterocycles. The van der Waals surface area contributed by atoms with Gasteiger partial charge in [-0.15, -0.1) is 11.6 Å². The van der Waals surface area contributed by atoms with Gasteiger partial charge in [-0.3, -0.25) is 9.59 Å². The van der Waals surface area contributed by atoms with E-state index < -0.39 is 0 Å². The molecule has 3 heteroatoms. The molecular weight excluding hydrogens is 152 g/mol. The maximum absolute atomic E-state index is 10.3. The van der Waals surface area contributed by atoms with Crippen LogP contribution in [0.4, 0.5) is 0 Å². The van der Waals surface area contributed by atoms with E-state index in [9.17, 15) is 9.59 Å². The van der Waals surface area contributed by atoms with Crippen molar-refractivity contribution in [1.82, 2.24) is 0 Å². The van der Waals surface area contributed by atoms with Gasteiger partial charge in [-0.05, 0) is 24.3 Å². The third kappa shape index (κ3) is 3.20. The Kier molecular flexibility index (Phi) is 4.50. The van der Waals surface area contributed by atoms with Crippen molar-refractivity contribution < 1.29 is 9.59 Å². The molecule has 10 heavy (non-hydrogen) atoms. The number of hydrogen-bond acceptors (Lipinski definition) is 2. The summed E-state index contributed by atoms with van der Waals surface area (Å²) < 4.78 is 0. The van der Waals surface area contributed by atoms with Crippen LogP contribution in [-0.2, 0) is 9.59 Å². The second kappa shape index (κ2) is 4.94. The summed E-state index contributed by atoms with van der Waals surface area (Å²) in [5.74, 6) is -0.241. The third-order valence-corrected chi connectivity index (χ3v) is 0.824. The number of ketones is 2. The SMILES string of the molecule is CCl.O=C1C=CC(=O)C=C1. The van der Waals surface area contributed by atoms with Crippen LogP contribution in [-0.4, -0.2) is 17.9 Å². The summed E-state index contributed by atoms with van der Waals surface area (Å²) >= 11 is 4.64. The second-order valence-corrected chi connectivity index (χ2v) is 1.47. The van der Waals surface area contributed by atoms with E-state index >= 15 is 0 Å². The number of carbonyl (C=O) groups is 2. The zero-order valence-corrected chi connectivity index (χ0v) is 6.26. The highest BCUT2D eigenvalue weighted by atomic mass is 35.5. The normalized spacial score (nSPS) is 14.6. The second-order valence-electron chi connectivity index (χ2n) is 1.47. The highest BCUT2D eigenvalue weighted by Gasteiger charge is 1.97. The zero-order valence-electron chi connectivity index (χ0n) is 5.50. The standard InChI is InChI=1S/C6H4O2.CH3Cl/c7-5-1-2-6(8)4-3-5;1-2/h1-4H;1H3. The number of halogens is 1. The minimum absolute atomic E-state index is 0.121. The first-order valence-corrected chi connectivity index (χ1v) is 3.36. The molecule has 0 saturated carbocycles. The molecule has 0 aliphatic heterocycles. The largest absolute Gasteiger partial charge is 0.290 e. The minimum atomic E-state index is -0.121. The molecule has 1 aliphatic rings. The quantitative estimate of drug-likeness (QED) is 0.391. The van der Waals surface area contributed by atoms with E-state index in [2.05, 4.69) is 11.6 Å². The van der Waals surface area contributed by atoms with Crippen LogP contribution in [0.5, 0.6) is 0 Å². The molecule has 0 spiro atoms. The van der Waals surface area contributed by atoms with E-state index in [0.717, 1.165) is 0 Å². The Morgan fingerprint density at radius 3 is 1.30 bits per heavy atom. The molecule has 0 bridgehead atoms. The number of alkyl halides is 1. The maximum atomic E-state index is 10.3. The Labute approximate surface area is 64.2 Å². The molecule has 0 amide bonds. The van der Waals surface area contributed by atoms with E-state index in [4.69, 9.17) is 0 Å². The summed E-state index contributed by atoms with van der Waals surface area (Å²) in [6, 6.07) is 0. The van der Waals surface area contributed by atoms with E-state index in [-0.39, 0.29) is 11.6 Å². The highest BCUT2D eigenvalue weighted by molar-refractivity contribution is 6.15. The van der Waals surface area contributed by atoms with Gasteiger partial charge in [0.25, 0.3) is 0 Å². The lowest BCUT2D eigenvalue weighted by molar-refractivity contribution is -0.113. The van der Waals surface area contributed by atoms with Crippen molar-refractivity contribution in [3.8, 4) is 0 Å². The van der Waals surface area contributed by atoms with Gasteiger partial charge in [0.2, 0.25) is 0 Å². The van der Waals surface area contributed by atoms with Gasteiger partial charge in [-0.25, -0.2) is 0 Å². The van der Waals surface area contributed by atoms with E-state index in [0.29, 0.717) is 0 Å². The van der Waals surface area contributed by atoms with Crippen LogP contribution in [0.15, 0.2) is 24.3 Å². The average Bonchev–Trinajstić information content (AvgIpc) is 2.00. The van der Waals surface area contributed by atoms with Crippen LogP contribution in [0.3, 0.4) is 0 Å². The molecule has 0 atom stereocenters. The number of hydrogen-bond donors (Lipinski definition) is 0. The van der Waals surface area contributed by atoms with Gasteiger partial charge in [0.15, 0.2) is 11.6 Å². The lowest BCUT2D eigenvalue weighted by Crippen LogP contribution is -1.97. The summed E-state index contributed by atoms with van der Waals surface area (Å²) in [5.41, 5.74) is 0. The third-order valence-electron chi connectivity index (χ3n) is 0.824. The van der Waals surface area contributed by atoms with Crippen LogP contribution in [0.2, 0.25) is 0 Å². The smallest absolute Gasteiger partial charge is 0.178 e. The van der Waals surface area contributed by atoms with Crippen LogP contribution < -0.4 is 0 Å². The molecule has 0 heterocycles. The molecule has 1 aliphatic carbocycles. The molecular formula is C7H7ClO2. The number of allylic oxidation sites excluding steroid dienone is 4. The van der Waals surface area contributed by atoms with E-state index in [1.165, 1.54) is 30.7 Å². The molecule has 0 N–H and O–H groups in total. The van der Waals surface area contributed by atoms with Crippen LogP contribution >= 0.6 is 11.6 Å². The molecule has 0 aromatic heterocycles. The fourth-order valence-corrected chi connectivity index (χ4v) is 0.440. The van der Waals surface area contributed by atoms with Crippen molar-refractivity contribution in [2.75, 3.05) is 6.38 Å². The molecule has 0 fully saturated rings. The van der Waals surface area contributed by atoms with Crippen LogP contribution in [0.1, 0.15) is 0 Å². The van der Waals surface area contributed by atoms with Crippen molar-refractivity contribution in [3.63, 3.8) is 0 Å². The minimum Gasteiger partial charge on any atom is -0.290 e. The predicted molar refractivity (Wildman–Crippen MR) is 40.1 cm³/mol. The summed E-state index contributed by atoms with van der Waals surface area (Å²) in [6.45, 7) is 0. The van der Waals surface area contributed by atoms with Gasteiger partial charge in [0.05, 0.1) is 0 Å². The van der Waals surface area contributed by atoms with Gasteiger partial charge in [0, 0.05) is 6.38 Å². The molecule has 0 unspecified atom stereocenters. The van der Waals surface area contributed by atoms with Gasteiger partial charge in [0.1, 0.15) is 0 Å². The topological polar surface area (TPSA) is 34.1 Å².